The lowest BCUT2D eigenvalue weighted by molar-refractivity contribution is -0.118. The molecule has 0 aromatic heterocycles. The quantitative estimate of drug-likeness (QED) is 0.470. The molecule has 1 amide bonds. The number of allylic oxidation sites excluding steroid dienone is 1. The fraction of sp³-hybridized carbons (Fsp3) is 0.154. The minimum atomic E-state index is -0.256. The predicted octanol–water partition coefficient (Wildman–Crippen LogP) is 5.74. The minimum absolute atomic E-state index is 0.0247. The first-order valence-electron chi connectivity index (χ1n) is 10.3. The van der Waals surface area contributed by atoms with Gasteiger partial charge in [-0.3, -0.25) is 9.59 Å². The van der Waals surface area contributed by atoms with E-state index in [2.05, 4.69) is 5.32 Å². The van der Waals surface area contributed by atoms with Gasteiger partial charge in [-0.2, -0.15) is 0 Å². The van der Waals surface area contributed by atoms with Crippen molar-refractivity contribution in [1.29, 1.82) is 0 Å². The summed E-state index contributed by atoms with van der Waals surface area (Å²) in [6, 6.07) is 20.6. The number of carbonyl (C=O) groups is 2. The number of Topliss-reactive ketones (excluding diaryl/α,β-unsaturated/α-hetero) is 1. The number of carbonyl (C=O) groups excluding carboxylic acids is 2. The van der Waals surface area contributed by atoms with E-state index in [1.165, 1.54) is 11.8 Å². The molecule has 0 saturated heterocycles. The number of fused-ring (bicyclic) bond motifs is 1. The van der Waals surface area contributed by atoms with Crippen LogP contribution in [-0.4, -0.2) is 24.9 Å². The Morgan fingerprint density at radius 1 is 1.00 bits per heavy atom. The molecule has 1 aliphatic rings. The first-order valence-corrected chi connectivity index (χ1v) is 11.1. The zero-order valence-electron chi connectivity index (χ0n) is 17.9. The molecule has 0 saturated carbocycles. The van der Waals surface area contributed by atoms with Crippen molar-refractivity contribution < 1.29 is 19.1 Å². The van der Waals surface area contributed by atoms with Crippen LogP contribution in [0.15, 0.2) is 76.5 Å². The molecule has 4 rings (SSSR count). The molecule has 0 radical (unpaired) electrons. The third-order valence-corrected chi connectivity index (χ3v) is 5.93. The Kier molecular flexibility index (Phi) is 6.61. The SMILES string of the molecule is CCOc1cc(/C=C2/Sc3ccccc3C2=O)ccc1OCC(=O)Nc1ccc(C)cc1. The van der Waals surface area contributed by atoms with Crippen molar-refractivity contribution in [3.8, 4) is 11.5 Å². The van der Waals surface area contributed by atoms with Crippen LogP contribution in [0.1, 0.15) is 28.4 Å². The molecule has 1 aliphatic heterocycles. The molecule has 32 heavy (non-hydrogen) atoms. The Hall–Kier alpha value is -3.51. The molecule has 0 unspecified atom stereocenters. The topological polar surface area (TPSA) is 64.6 Å². The largest absolute Gasteiger partial charge is 0.490 e. The number of ether oxygens (including phenoxy) is 2. The second-order valence-corrected chi connectivity index (χ2v) is 8.36. The zero-order chi connectivity index (χ0) is 22.5. The lowest BCUT2D eigenvalue weighted by Crippen LogP contribution is -2.20. The number of hydrogen-bond acceptors (Lipinski definition) is 5. The zero-order valence-corrected chi connectivity index (χ0v) is 18.7. The van der Waals surface area contributed by atoms with E-state index in [-0.39, 0.29) is 18.3 Å². The van der Waals surface area contributed by atoms with E-state index in [1.54, 1.807) is 6.07 Å². The summed E-state index contributed by atoms with van der Waals surface area (Å²) in [7, 11) is 0. The second kappa shape index (κ2) is 9.75. The average molecular weight is 446 g/mol. The molecule has 1 heterocycles. The number of aryl methyl sites for hydroxylation is 1. The number of nitrogens with one attached hydrogen (secondary N) is 1. The Bertz CT molecular complexity index is 1180. The van der Waals surface area contributed by atoms with Crippen LogP contribution < -0.4 is 14.8 Å². The van der Waals surface area contributed by atoms with E-state index in [9.17, 15) is 9.59 Å². The standard InChI is InChI=1S/C26H23NO4S/c1-3-30-22-14-18(15-24-26(29)20-6-4-5-7-23(20)32-24)10-13-21(22)31-16-25(28)27-19-11-8-17(2)9-12-19/h4-15H,3,16H2,1-2H3,(H,27,28)/b24-15+. The summed E-state index contributed by atoms with van der Waals surface area (Å²) in [6.45, 7) is 4.18. The Morgan fingerprint density at radius 3 is 2.53 bits per heavy atom. The van der Waals surface area contributed by atoms with Gasteiger partial charge in [0.15, 0.2) is 18.1 Å². The van der Waals surface area contributed by atoms with Gasteiger partial charge in [0.2, 0.25) is 5.78 Å². The van der Waals surface area contributed by atoms with E-state index >= 15 is 0 Å². The highest BCUT2D eigenvalue weighted by atomic mass is 32.2. The van der Waals surface area contributed by atoms with Crippen LogP contribution in [-0.2, 0) is 4.79 Å². The molecule has 0 bridgehead atoms. The van der Waals surface area contributed by atoms with Crippen LogP contribution in [0.25, 0.3) is 6.08 Å². The van der Waals surface area contributed by atoms with Gasteiger partial charge in [-0.15, -0.1) is 0 Å². The summed E-state index contributed by atoms with van der Waals surface area (Å²) in [5, 5.41) is 2.81. The third-order valence-electron chi connectivity index (χ3n) is 4.83. The molecule has 162 valence electrons. The number of amides is 1. The Morgan fingerprint density at radius 2 is 1.78 bits per heavy atom. The third kappa shape index (κ3) is 5.03. The van der Waals surface area contributed by atoms with Gasteiger partial charge in [0.25, 0.3) is 5.91 Å². The second-order valence-electron chi connectivity index (χ2n) is 7.28. The van der Waals surface area contributed by atoms with Gasteiger partial charge in [0.05, 0.1) is 11.5 Å². The van der Waals surface area contributed by atoms with Gasteiger partial charge in [0, 0.05) is 16.1 Å². The summed E-state index contributed by atoms with van der Waals surface area (Å²) in [5.41, 5.74) is 3.40. The van der Waals surface area contributed by atoms with E-state index in [0.717, 1.165) is 27.3 Å². The fourth-order valence-electron chi connectivity index (χ4n) is 3.27. The summed E-state index contributed by atoms with van der Waals surface area (Å²) in [5.74, 6) is 0.768. The monoisotopic (exact) mass is 445 g/mol. The maximum absolute atomic E-state index is 12.6. The number of thioether (sulfide) groups is 1. The predicted molar refractivity (Wildman–Crippen MR) is 128 cm³/mol. The fourth-order valence-corrected chi connectivity index (χ4v) is 4.32. The van der Waals surface area contributed by atoms with Gasteiger partial charge in [-0.05, 0) is 61.9 Å². The number of hydrogen-bond donors (Lipinski definition) is 1. The number of ketones is 1. The molecule has 5 nitrogen and oxygen atoms in total. The smallest absolute Gasteiger partial charge is 0.262 e. The molecule has 1 N–H and O–H groups in total. The lowest BCUT2D eigenvalue weighted by atomic mass is 10.1. The van der Waals surface area contributed by atoms with Crippen LogP contribution in [0.2, 0.25) is 0 Å². The van der Waals surface area contributed by atoms with Gasteiger partial charge in [0.1, 0.15) is 0 Å². The Labute approximate surface area is 191 Å². The van der Waals surface area contributed by atoms with Crippen molar-refractivity contribution in [2.45, 2.75) is 18.7 Å². The molecular weight excluding hydrogens is 422 g/mol. The number of benzene rings is 3. The van der Waals surface area contributed by atoms with Gasteiger partial charge in [-0.1, -0.05) is 47.7 Å². The van der Waals surface area contributed by atoms with Crippen LogP contribution >= 0.6 is 11.8 Å². The van der Waals surface area contributed by atoms with Crippen molar-refractivity contribution in [3.05, 3.63) is 88.3 Å². The van der Waals surface area contributed by atoms with Gasteiger partial charge >= 0.3 is 0 Å². The molecule has 0 atom stereocenters. The van der Waals surface area contributed by atoms with Crippen molar-refractivity contribution in [2.24, 2.45) is 0 Å². The maximum Gasteiger partial charge on any atom is 0.262 e. The molecule has 6 heteroatoms. The summed E-state index contributed by atoms with van der Waals surface area (Å²) >= 11 is 1.46. The summed E-state index contributed by atoms with van der Waals surface area (Å²) in [6.07, 6.45) is 1.85. The summed E-state index contributed by atoms with van der Waals surface area (Å²) in [4.78, 5) is 26.5. The van der Waals surface area contributed by atoms with E-state index in [1.807, 2.05) is 80.6 Å². The van der Waals surface area contributed by atoms with E-state index in [4.69, 9.17) is 9.47 Å². The van der Waals surface area contributed by atoms with Crippen LogP contribution in [0.3, 0.4) is 0 Å². The molecule has 3 aromatic rings. The molecule has 0 spiro atoms. The van der Waals surface area contributed by atoms with Crippen molar-refractivity contribution in [1.82, 2.24) is 0 Å². The van der Waals surface area contributed by atoms with Crippen LogP contribution in [0, 0.1) is 6.92 Å². The normalized spacial score (nSPS) is 13.7. The lowest BCUT2D eigenvalue weighted by Gasteiger charge is -2.13. The van der Waals surface area contributed by atoms with Gasteiger partial charge < -0.3 is 14.8 Å². The highest BCUT2D eigenvalue weighted by molar-refractivity contribution is 8.04. The van der Waals surface area contributed by atoms with E-state index < -0.39 is 0 Å². The average Bonchev–Trinajstić information content (AvgIpc) is 3.10. The van der Waals surface area contributed by atoms with Crippen LogP contribution in [0.4, 0.5) is 5.69 Å². The van der Waals surface area contributed by atoms with Crippen molar-refractivity contribution >= 4 is 35.2 Å². The van der Waals surface area contributed by atoms with Crippen LogP contribution in [0.5, 0.6) is 11.5 Å². The van der Waals surface area contributed by atoms with E-state index in [0.29, 0.717) is 23.0 Å². The first kappa shape index (κ1) is 21.7. The minimum Gasteiger partial charge on any atom is -0.490 e. The highest BCUT2D eigenvalue weighted by Crippen LogP contribution is 2.41. The van der Waals surface area contributed by atoms with Crippen molar-refractivity contribution in [2.75, 3.05) is 18.5 Å². The summed E-state index contributed by atoms with van der Waals surface area (Å²) < 4.78 is 11.4. The molecule has 0 fully saturated rings. The molecule has 3 aromatic carbocycles. The maximum atomic E-state index is 12.6. The number of rotatable bonds is 7. The van der Waals surface area contributed by atoms with Gasteiger partial charge in [-0.25, -0.2) is 0 Å². The number of anilines is 1. The van der Waals surface area contributed by atoms with Crippen molar-refractivity contribution in [3.63, 3.8) is 0 Å². The molecular formula is C26H23NO4S. The Balaban J connectivity index is 1.45. The molecule has 0 aliphatic carbocycles. The first-order chi connectivity index (χ1) is 15.5. The highest BCUT2D eigenvalue weighted by Gasteiger charge is 2.25.